The predicted octanol–water partition coefficient (Wildman–Crippen LogP) is 8.06. The Balaban J connectivity index is 1.53. The first-order valence-electron chi connectivity index (χ1n) is 17.6. The summed E-state index contributed by atoms with van der Waals surface area (Å²) in [6.45, 7) is 16.8. The lowest BCUT2D eigenvalue weighted by atomic mass is 9.88. The summed E-state index contributed by atoms with van der Waals surface area (Å²) in [6, 6.07) is 6.11. The highest BCUT2D eigenvalue weighted by atomic mass is 32.1. The summed E-state index contributed by atoms with van der Waals surface area (Å²) in [5.74, 6) is 1.01. The molecule has 0 saturated carbocycles. The molecule has 1 aromatic heterocycles. The molecular formula is C38H52N4O4S. The molecule has 0 bridgehead atoms. The molecule has 0 aliphatic carbocycles. The number of thiophene rings is 1. The number of carbonyl (C=O) groups is 3. The number of aliphatic imine (C=N–C) groups is 1. The fourth-order valence-electron chi connectivity index (χ4n) is 6.71. The zero-order chi connectivity index (χ0) is 33.7. The van der Waals surface area contributed by atoms with Crippen molar-refractivity contribution in [1.29, 1.82) is 0 Å². The van der Waals surface area contributed by atoms with Crippen LogP contribution in [0.4, 0.5) is 10.7 Å². The van der Waals surface area contributed by atoms with Crippen LogP contribution in [-0.2, 0) is 11.2 Å². The first-order valence-corrected chi connectivity index (χ1v) is 18.4. The Kier molecular flexibility index (Phi) is 11.6. The smallest absolute Gasteiger partial charge is 0.348 e. The van der Waals surface area contributed by atoms with Gasteiger partial charge in [-0.3, -0.25) is 9.59 Å². The molecule has 4 heterocycles. The molecule has 47 heavy (non-hydrogen) atoms. The van der Waals surface area contributed by atoms with E-state index in [9.17, 15) is 14.4 Å². The van der Waals surface area contributed by atoms with Crippen molar-refractivity contribution >= 4 is 45.5 Å². The zero-order valence-electron chi connectivity index (χ0n) is 29.1. The number of amidine groups is 1. The van der Waals surface area contributed by atoms with Crippen molar-refractivity contribution in [3.63, 3.8) is 0 Å². The van der Waals surface area contributed by atoms with E-state index in [1.807, 2.05) is 24.0 Å². The second-order valence-corrected chi connectivity index (χ2v) is 15.0. The van der Waals surface area contributed by atoms with Gasteiger partial charge in [-0.25, -0.2) is 9.79 Å². The molecular weight excluding hydrogens is 609 g/mol. The van der Waals surface area contributed by atoms with Crippen molar-refractivity contribution in [2.24, 2.45) is 22.7 Å². The summed E-state index contributed by atoms with van der Waals surface area (Å²) in [4.78, 5) is 53.3. The van der Waals surface area contributed by atoms with E-state index >= 15 is 0 Å². The monoisotopic (exact) mass is 660 g/mol. The van der Waals surface area contributed by atoms with Crippen molar-refractivity contribution in [2.45, 2.75) is 86.5 Å². The number of allylic oxidation sites excluding steroid dienone is 1. The molecule has 3 aliphatic rings. The maximum absolute atomic E-state index is 14.2. The Morgan fingerprint density at radius 2 is 1.85 bits per heavy atom. The quantitative estimate of drug-likeness (QED) is 0.202. The summed E-state index contributed by atoms with van der Waals surface area (Å²) in [5.41, 5.74) is 4.00. The van der Waals surface area contributed by atoms with E-state index in [-0.39, 0.29) is 18.3 Å². The van der Waals surface area contributed by atoms with E-state index < -0.39 is 11.9 Å². The number of ether oxygens (including phenoxy) is 1. The van der Waals surface area contributed by atoms with Gasteiger partial charge in [-0.1, -0.05) is 39.8 Å². The van der Waals surface area contributed by atoms with Crippen molar-refractivity contribution in [3.8, 4) is 0 Å². The summed E-state index contributed by atoms with van der Waals surface area (Å²) >= 11 is 1.25. The molecule has 5 rings (SSSR count). The molecule has 1 aromatic carbocycles. The van der Waals surface area contributed by atoms with Gasteiger partial charge < -0.3 is 19.4 Å². The third-order valence-corrected chi connectivity index (χ3v) is 10.6. The number of hydrogen-bond acceptors (Lipinski definition) is 8. The summed E-state index contributed by atoms with van der Waals surface area (Å²) in [5, 5.41) is 0.579. The molecule has 2 aromatic rings. The van der Waals surface area contributed by atoms with E-state index in [0.29, 0.717) is 57.8 Å². The van der Waals surface area contributed by atoms with Crippen molar-refractivity contribution in [2.75, 3.05) is 44.2 Å². The maximum Gasteiger partial charge on any atom is 0.348 e. The number of fused-ring (bicyclic) bond motifs is 3. The predicted molar refractivity (Wildman–Crippen MR) is 191 cm³/mol. The lowest BCUT2D eigenvalue weighted by Gasteiger charge is -2.33. The SMILES string of the molecule is CCOC(=O)c1sc2c(c1C)C(=O)C1CCc3ccc(C(=O)N(CCC(C)C)CCC(C)C)cc3N(CCCN3C=CCCC3)C1=N2. The molecule has 1 amide bonds. The van der Waals surface area contributed by atoms with Gasteiger partial charge in [-0.15, -0.1) is 11.3 Å². The molecule has 9 heteroatoms. The summed E-state index contributed by atoms with van der Waals surface area (Å²) in [6.07, 6.45) is 10.8. The van der Waals surface area contributed by atoms with E-state index in [4.69, 9.17) is 9.73 Å². The minimum atomic E-state index is -0.416. The highest BCUT2D eigenvalue weighted by Gasteiger charge is 2.40. The first kappa shape index (κ1) is 34.9. The summed E-state index contributed by atoms with van der Waals surface area (Å²) < 4.78 is 5.31. The van der Waals surface area contributed by atoms with Crippen LogP contribution in [0.1, 0.15) is 115 Å². The average molecular weight is 661 g/mol. The van der Waals surface area contributed by atoms with Crippen molar-refractivity contribution < 1.29 is 19.1 Å². The van der Waals surface area contributed by atoms with Crippen LogP contribution in [0, 0.1) is 24.7 Å². The fraction of sp³-hybridized carbons (Fsp3) is 0.579. The van der Waals surface area contributed by atoms with Gasteiger partial charge in [0.25, 0.3) is 5.91 Å². The van der Waals surface area contributed by atoms with Gasteiger partial charge in [0, 0.05) is 44.0 Å². The number of nitrogens with zero attached hydrogens (tertiary/aromatic N) is 4. The Bertz CT molecular complexity index is 1510. The molecule has 254 valence electrons. The highest BCUT2D eigenvalue weighted by Crippen LogP contribution is 2.44. The third-order valence-electron chi connectivity index (χ3n) is 9.48. The van der Waals surface area contributed by atoms with Crippen LogP contribution in [0.5, 0.6) is 0 Å². The van der Waals surface area contributed by atoms with E-state index in [2.05, 4.69) is 55.8 Å². The van der Waals surface area contributed by atoms with Gasteiger partial charge >= 0.3 is 5.97 Å². The number of esters is 1. The molecule has 8 nitrogen and oxygen atoms in total. The Morgan fingerprint density at radius 1 is 1.11 bits per heavy atom. The Hall–Kier alpha value is -3.46. The van der Waals surface area contributed by atoms with Crippen LogP contribution in [-0.4, -0.2) is 72.6 Å². The number of hydrogen-bond donors (Lipinski definition) is 0. The van der Waals surface area contributed by atoms with E-state index in [1.165, 1.54) is 11.3 Å². The number of ketones is 1. The lowest BCUT2D eigenvalue weighted by molar-refractivity contribution is 0.0531. The van der Waals surface area contributed by atoms with E-state index in [1.54, 1.807) is 6.92 Å². The fourth-order valence-corrected chi connectivity index (χ4v) is 7.80. The minimum Gasteiger partial charge on any atom is -0.462 e. The van der Waals surface area contributed by atoms with Crippen LogP contribution in [0.2, 0.25) is 0 Å². The van der Waals surface area contributed by atoms with Gasteiger partial charge in [-0.05, 0) is 100 Å². The van der Waals surface area contributed by atoms with Crippen LogP contribution < -0.4 is 4.90 Å². The van der Waals surface area contributed by atoms with Crippen molar-refractivity contribution in [1.82, 2.24) is 9.80 Å². The lowest BCUT2D eigenvalue weighted by Crippen LogP contribution is -2.42. The van der Waals surface area contributed by atoms with Crippen LogP contribution in [0.25, 0.3) is 0 Å². The molecule has 0 radical (unpaired) electrons. The average Bonchev–Trinajstić information content (AvgIpc) is 3.30. The van der Waals surface area contributed by atoms with Gasteiger partial charge in [0.05, 0.1) is 18.1 Å². The number of Topliss-reactive ketones (excluding diaryl/α,β-unsaturated/α-hetero) is 1. The van der Waals surface area contributed by atoms with Gasteiger partial charge in [-0.2, -0.15) is 0 Å². The first-order chi connectivity index (χ1) is 22.6. The minimum absolute atomic E-state index is 0.0240. The molecule has 0 fully saturated rings. The second kappa shape index (κ2) is 15.6. The molecule has 1 atom stereocenters. The Labute approximate surface area is 284 Å². The van der Waals surface area contributed by atoms with Crippen LogP contribution in [0.3, 0.4) is 0 Å². The number of benzene rings is 1. The third kappa shape index (κ3) is 7.99. The molecule has 1 unspecified atom stereocenters. The molecule has 0 N–H and O–H groups in total. The van der Waals surface area contributed by atoms with Crippen LogP contribution in [0.15, 0.2) is 35.5 Å². The van der Waals surface area contributed by atoms with Crippen LogP contribution >= 0.6 is 11.3 Å². The number of amides is 1. The second-order valence-electron chi connectivity index (χ2n) is 14.0. The number of anilines is 1. The Morgan fingerprint density at radius 3 is 2.51 bits per heavy atom. The van der Waals surface area contributed by atoms with Gasteiger partial charge in [0.2, 0.25) is 0 Å². The molecule has 0 saturated heterocycles. The van der Waals surface area contributed by atoms with Gasteiger partial charge in [0.15, 0.2) is 5.78 Å². The summed E-state index contributed by atoms with van der Waals surface area (Å²) in [7, 11) is 0. The molecule has 3 aliphatic heterocycles. The number of aryl methyl sites for hydroxylation is 1. The standard InChI is InChI=1S/C38H52N4O4S/c1-7-46-38(45)34-27(6)32-33(43)30-15-14-28-12-13-29(37(44)41(22-16-25(2)3)23-17-26(4)5)24-31(28)42(35(30)39-36(32)47-34)21-11-20-40-18-9-8-10-19-40/h9,12-13,18,24-26,30H,7-8,10-11,14-17,19-23H2,1-6H3. The van der Waals surface area contributed by atoms with E-state index in [0.717, 1.165) is 75.4 Å². The number of carbonyl (C=O) groups excluding carboxylic acids is 3. The zero-order valence-corrected chi connectivity index (χ0v) is 30.0. The highest BCUT2D eigenvalue weighted by molar-refractivity contribution is 7.18. The number of rotatable bonds is 13. The topological polar surface area (TPSA) is 82.5 Å². The maximum atomic E-state index is 14.2. The van der Waals surface area contributed by atoms with Gasteiger partial charge in [0.1, 0.15) is 15.7 Å². The largest absolute Gasteiger partial charge is 0.462 e. The normalized spacial score (nSPS) is 17.3. The van der Waals surface area contributed by atoms with Crippen molar-refractivity contribution in [3.05, 3.63) is 57.6 Å². The molecule has 0 spiro atoms.